The van der Waals surface area contributed by atoms with Gasteiger partial charge in [-0.15, -0.1) is 11.8 Å². The number of nitrogens with one attached hydrogen (secondary N) is 1. The number of aryl methyl sites for hydroxylation is 2. The average molecular weight is 209 g/mol. The highest BCUT2D eigenvalue weighted by atomic mass is 32.2. The van der Waals surface area contributed by atoms with E-state index in [1.165, 1.54) is 16.0 Å². The smallest absolute Gasteiger partial charge is 0.230 e. The standard InChI is InChI=1S/C11H15NOS/c1-8-4-5-9(2)10(6-8)14-7-11(13)12-3/h4-6H,7H2,1-3H3,(H,12,13). The number of carbonyl (C=O) groups excluding carboxylic acids is 1. The van der Waals surface area contributed by atoms with Crippen molar-refractivity contribution in [2.45, 2.75) is 18.7 Å². The lowest BCUT2D eigenvalue weighted by atomic mass is 10.2. The molecule has 0 aliphatic rings. The molecule has 0 spiro atoms. The molecule has 0 saturated heterocycles. The Morgan fingerprint density at radius 2 is 2.14 bits per heavy atom. The van der Waals surface area contributed by atoms with Crippen molar-refractivity contribution in [2.24, 2.45) is 0 Å². The van der Waals surface area contributed by atoms with E-state index in [-0.39, 0.29) is 5.91 Å². The van der Waals surface area contributed by atoms with Gasteiger partial charge in [0.2, 0.25) is 5.91 Å². The molecule has 1 aromatic rings. The van der Waals surface area contributed by atoms with Crippen LogP contribution in [0.15, 0.2) is 23.1 Å². The third-order valence-electron chi connectivity index (χ3n) is 1.98. The maximum atomic E-state index is 11.0. The summed E-state index contributed by atoms with van der Waals surface area (Å²) in [6.07, 6.45) is 0. The maximum Gasteiger partial charge on any atom is 0.230 e. The normalized spacial score (nSPS) is 9.93. The van der Waals surface area contributed by atoms with Crippen molar-refractivity contribution in [1.82, 2.24) is 5.32 Å². The molecule has 2 nitrogen and oxygen atoms in total. The Kier molecular flexibility index (Phi) is 4.01. The molecule has 0 aromatic heterocycles. The highest BCUT2D eigenvalue weighted by molar-refractivity contribution is 8.00. The molecule has 0 atom stereocenters. The SMILES string of the molecule is CNC(=O)CSc1cc(C)ccc1C. The summed E-state index contributed by atoms with van der Waals surface area (Å²) in [5.74, 6) is 0.553. The van der Waals surface area contributed by atoms with E-state index in [1.54, 1.807) is 18.8 Å². The van der Waals surface area contributed by atoms with Crippen LogP contribution < -0.4 is 5.32 Å². The van der Waals surface area contributed by atoms with E-state index in [0.29, 0.717) is 5.75 Å². The van der Waals surface area contributed by atoms with E-state index in [1.807, 2.05) is 0 Å². The number of thioether (sulfide) groups is 1. The largest absolute Gasteiger partial charge is 0.358 e. The second-order valence-electron chi connectivity index (χ2n) is 3.23. The first kappa shape index (κ1) is 11.1. The molecule has 0 heterocycles. The number of benzene rings is 1. The topological polar surface area (TPSA) is 29.1 Å². The van der Waals surface area contributed by atoms with Gasteiger partial charge in [0, 0.05) is 11.9 Å². The molecule has 1 aromatic carbocycles. The molecule has 76 valence electrons. The van der Waals surface area contributed by atoms with Gasteiger partial charge >= 0.3 is 0 Å². The van der Waals surface area contributed by atoms with Gasteiger partial charge in [0.15, 0.2) is 0 Å². The molecule has 0 fully saturated rings. The van der Waals surface area contributed by atoms with Crippen molar-refractivity contribution >= 4 is 17.7 Å². The molecule has 0 radical (unpaired) electrons. The van der Waals surface area contributed by atoms with Gasteiger partial charge in [-0.25, -0.2) is 0 Å². The van der Waals surface area contributed by atoms with Crippen molar-refractivity contribution in [3.05, 3.63) is 29.3 Å². The summed E-state index contributed by atoms with van der Waals surface area (Å²) in [6, 6.07) is 6.28. The Hall–Kier alpha value is -0.960. The summed E-state index contributed by atoms with van der Waals surface area (Å²) in [5, 5.41) is 2.61. The van der Waals surface area contributed by atoms with E-state index in [2.05, 4.69) is 37.4 Å². The molecule has 0 unspecified atom stereocenters. The van der Waals surface area contributed by atoms with Crippen molar-refractivity contribution in [2.75, 3.05) is 12.8 Å². The van der Waals surface area contributed by atoms with Crippen LogP contribution in [-0.4, -0.2) is 18.7 Å². The molecule has 1 amide bonds. The average Bonchev–Trinajstić information content (AvgIpc) is 2.19. The second-order valence-corrected chi connectivity index (χ2v) is 4.25. The second kappa shape index (κ2) is 5.05. The van der Waals surface area contributed by atoms with E-state index in [4.69, 9.17) is 0 Å². The van der Waals surface area contributed by atoms with E-state index in [9.17, 15) is 4.79 Å². The highest BCUT2D eigenvalue weighted by Crippen LogP contribution is 2.22. The number of rotatable bonds is 3. The van der Waals surface area contributed by atoms with Crippen molar-refractivity contribution in [1.29, 1.82) is 0 Å². The van der Waals surface area contributed by atoms with Gasteiger partial charge in [-0.3, -0.25) is 4.79 Å². The first-order valence-electron chi connectivity index (χ1n) is 4.54. The number of hydrogen-bond donors (Lipinski definition) is 1. The summed E-state index contributed by atoms with van der Waals surface area (Å²) >= 11 is 1.58. The Morgan fingerprint density at radius 1 is 1.43 bits per heavy atom. The molecule has 1 rings (SSSR count). The van der Waals surface area contributed by atoms with Crippen LogP contribution in [0.25, 0.3) is 0 Å². The molecule has 1 N–H and O–H groups in total. The van der Waals surface area contributed by atoms with Gasteiger partial charge in [0.05, 0.1) is 5.75 Å². The van der Waals surface area contributed by atoms with Gasteiger partial charge in [0.1, 0.15) is 0 Å². The lowest BCUT2D eigenvalue weighted by molar-refractivity contribution is -0.118. The Balaban J connectivity index is 2.66. The predicted octanol–water partition coefficient (Wildman–Crippen LogP) is 2.14. The van der Waals surface area contributed by atoms with Crippen LogP contribution in [0.2, 0.25) is 0 Å². The van der Waals surface area contributed by atoms with E-state index < -0.39 is 0 Å². The van der Waals surface area contributed by atoms with Crippen molar-refractivity contribution in [3.63, 3.8) is 0 Å². The number of hydrogen-bond acceptors (Lipinski definition) is 2. The summed E-state index contributed by atoms with van der Waals surface area (Å²) in [5.41, 5.74) is 2.46. The molecular formula is C11H15NOS. The molecule has 0 saturated carbocycles. The third-order valence-corrected chi connectivity index (χ3v) is 3.14. The van der Waals surface area contributed by atoms with Gasteiger partial charge in [-0.05, 0) is 25.5 Å². The minimum Gasteiger partial charge on any atom is -0.358 e. The zero-order valence-corrected chi connectivity index (χ0v) is 9.57. The summed E-state index contributed by atoms with van der Waals surface area (Å²) in [6.45, 7) is 4.12. The fourth-order valence-electron chi connectivity index (χ4n) is 1.08. The fourth-order valence-corrected chi connectivity index (χ4v) is 2.07. The van der Waals surface area contributed by atoms with Crippen LogP contribution >= 0.6 is 11.8 Å². The van der Waals surface area contributed by atoms with Crippen molar-refractivity contribution < 1.29 is 4.79 Å². The van der Waals surface area contributed by atoms with Gasteiger partial charge in [-0.1, -0.05) is 17.7 Å². The number of carbonyl (C=O) groups is 1. The van der Waals surface area contributed by atoms with Gasteiger partial charge in [0.25, 0.3) is 0 Å². The highest BCUT2D eigenvalue weighted by Gasteiger charge is 2.02. The first-order chi connectivity index (χ1) is 6.63. The van der Waals surface area contributed by atoms with Crippen LogP contribution in [0.3, 0.4) is 0 Å². The lowest BCUT2D eigenvalue weighted by Crippen LogP contribution is -2.19. The molecule has 3 heteroatoms. The van der Waals surface area contributed by atoms with Gasteiger partial charge < -0.3 is 5.32 Å². The van der Waals surface area contributed by atoms with E-state index in [0.717, 1.165) is 0 Å². The van der Waals surface area contributed by atoms with E-state index >= 15 is 0 Å². The third kappa shape index (κ3) is 3.07. The fraction of sp³-hybridized carbons (Fsp3) is 0.364. The van der Waals surface area contributed by atoms with Crippen molar-refractivity contribution in [3.8, 4) is 0 Å². The molecule has 0 aliphatic heterocycles. The maximum absolute atomic E-state index is 11.0. The summed E-state index contributed by atoms with van der Waals surface area (Å²) < 4.78 is 0. The summed E-state index contributed by atoms with van der Waals surface area (Å²) in [7, 11) is 1.66. The minimum absolute atomic E-state index is 0.0657. The molecular weight excluding hydrogens is 194 g/mol. The molecule has 14 heavy (non-hydrogen) atoms. The van der Waals surface area contributed by atoms with Gasteiger partial charge in [-0.2, -0.15) is 0 Å². The Bertz CT molecular complexity index is 336. The predicted molar refractivity (Wildman–Crippen MR) is 60.7 cm³/mol. The summed E-state index contributed by atoms with van der Waals surface area (Å²) in [4.78, 5) is 12.2. The molecule has 0 bridgehead atoms. The Labute approximate surface area is 89.1 Å². The van der Waals surface area contributed by atoms with Crippen LogP contribution in [-0.2, 0) is 4.79 Å². The Morgan fingerprint density at radius 3 is 2.79 bits per heavy atom. The quantitative estimate of drug-likeness (QED) is 0.773. The first-order valence-corrected chi connectivity index (χ1v) is 5.52. The molecule has 0 aliphatic carbocycles. The monoisotopic (exact) mass is 209 g/mol. The zero-order chi connectivity index (χ0) is 10.6. The van der Waals surface area contributed by atoms with Crippen LogP contribution in [0.1, 0.15) is 11.1 Å². The minimum atomic E-state index is 0.0657. The van der Waals surface area contributed by atoms with Crippen LogP contribution in [0.4, 0.5) is 0 Å². The zero-order valence-electron chi connectivity index (χ0n) is 8.76. The lowest BCUT2D eigenvalue weighted by Gasteiger charge is -2.05. The van der Waals surface area contributed by atoms with Crippen LogP contribution in [0, 0.1) is 13.8 Å². The van der Waals surface area contributed by atoms with Crippen LogP contribution in [0.5, 0.6) is 0 Å². The number of amides is 1.